The van der Waals surface area contributed by atoms with Crippen molar-refractivity contribution in [2.75, 3.05) is 7.11 Å². The van der Waals surface area contributed by atoms with Gasteiger partial charge < -0.3 is 0 Å². The molecule has 86 valence electrons. The van der Waals surface area contributed by atoms with Crippen molar-refractivity contribution >= 4 is 7.82 Å². The Balaban J connectivity index is 4.59. The topological polar surface area (TPSA) is 44.8 Å². The molecule has 0 saturated heterocycles. The van der Waals surface area contributed by atoms with Crippen LogP contribution in [0.1, 0.15) is 41.5 Å². The normalized spacial score (nSPS) is 14.5. The lowest BCUT2D eigenvalue weighted by Crippen LogP contribution is -2.24. The lowest BCUT2D eigenvalue weighted by atomic mass is 10.2. The standard InChI is InChI=1S/C9H21O4P/c1-8(2,3)12-14(10,11-7)13-9(4,5)6/h1-7H3. The van der Waals surface area contributed by atoms with Gasteiger partial charge in [0.2, 0.25) is 0 Å². The molecule has 0 heterocycles. The molecular formula is C9H21O4P. The van der Waals surface area contributed by atoms with E-state index in [1.165, 1.54) is 7.11 Å². The average molecular weight is 224 g/mol. The van der Waals surface area contributed by atoms with Crippen LogP contribution in [-0.4, -0.2) is 18.3 Å². The van der Waals surface area contributed by atoms with E-state index in [1.54, 1.807) is 41.5 Å². The molecule has 14 heavy (non-hydrogen) atoms. The van der Waals surface area contributed by atoms with E-state index >= 15 is 0 Å². The minimum Gasteiger partial charge on any atom is -0.290 e. The third-order valence-electron chi connectivity index (χ3n) is 0.995. The molecular weight excluding hydrogens is 203 g/mol. The second kappa shape index (κ2) is 4.31. The SMILES string of the molecule is COP(=O)(OC(C)(C)C)OC(C)(C)C. The molecule has 0 atom stereocenters. The van der Waals surface area contributed by atoms with Gasteiger partial charge in [-0.15, -0.1) is 0 Å². The second-order valence-corrected chi connectivity index (χ2v) is 6.66. The molecule has 0 unspecified atom stereocenters. The molecule has 0 saturated carbocycles. The highest BCUT2D eigenvalue weighted by Gasteiger charge is 2.35. The van der Waals surface area contributed by atoms with Crippen molar-refractivity contribution in [1.29, 1.82) is 0 Å². The first-order chi connectivity index (χ1) is 5.97. The Kier molecular flexibility index (Phi) is 4.35. The predicted molar refractivity (Wildman–Crippen MR) is 56.3 cm³/mol. The van der Waals surface area contributed by atoms with Gasteiger partial charge >= 0.3 is 7.82 Å². The van der Waals surface area contributed by atoms with Gasteiger partial charge in [0.05, 0.1) is 11.2 Å². The maximum absolute atomic E-state index is 11.9. The van der Waals surface area contributed by atoms with Gasteiger partial charge in [0.1, 0.15) is 0 Å². The van der Waals surface area contributed by atoms with Crippen LogP contribution in [-0.2, 0) is 18.1 Å². The molecule has 0 bridgehead atoms. The van der Waals surface area contributed by atoms with E-state index in [-0.39, 0.29) is 0 Å². The first-order valence-electron chi connectivity index (χ1n) is 4.55. The Labute approximate surface area is 86.5 Å². The maximum Gasteiger partial charge on any atom is 0.475 e. The van der Waals surface area contributed by atoms with E-state index in [2.05, 4.69) is 0 Å². The molecule has 0 spiro atoms. The van der Waals surface area contributed by atoms with Gasteiger partial charge in [-0.1, -0.05) is 0 Å². The zero-order valence-corrected chi connectivity index (χ0v) is 11.0. The molecule has 0 aliphatic heterocycles. The first-order valence-corrected chi connectivity index (χ1v) is 6.01. The van der Waals surface area contributed by atoms with E-state index in [0.29, 0.717) is 0 Å². The van der Waals surface area contributed by atoms with Gasteiger partial charge in [-0.05, 0) is 41.5 Å². The van der Waals surface area contributed by atoms with E-state index in [1.807, 2.05) is 0 Å². The van der Waals surface area contributed by atoms with Crippen LogP contribution in [0, 0.1) is 0 Å². The molecule has 5 heteroatoms. The summed E-state index contributed by atoms with van der Waals surface area (Å²) in [6.45, 7) is 10.8. The zero-order valence-electron chi connectivity index (χ0n) is 10.1. The number of hydrogen-bond acceptors (Lipinski definition) is 4. The molecule has 0 amide bonds. The van der Waals surface area contributed by atoms with Crippen molar-refractivity contribution in [3.05, 3.63) is 0 Å². The molecule has 0 N–H and O–H groups in total. The van der Waals surface area contributed by atoms with Crippen molar-refractivity contribution in [2.45, 2.75) is 52.7 Å². The average Bonchev–Trinajstić information content (AvgIpc) is 1.78. The molecule has 0 rings (SSSR count). The van der Waals surface area contributed by atoms with Gasteiger partial charge in [0.25, 0.3) is 0 Å². The monoisotopic (exact) mass is 224 g/mol. The Hall–Kier alpha value is 0.110. The summed E-state index contributed by atoms with van der Waals surface area (Å²) in [6, 6.07) is 0. The lowest BCUT2D eigenvalue weighted by molar-refractivity contribution is 0.0107. The van der Waals surface area contributed by atoms with E-state index in [9.17, 15) is 4.57 Å². The molecule has 0 radical (unpaired) electrons. The lowest BCUT2D eigenvalue weighted by Gasteiger charge is -2.29. The number of phosphoric ester groups is 1. The van der Waals surface area contributed by atoms with Crippen molar-refractivity contribution in [3.63, 3.8) is 0 Å². The van der Waals surface area contributed by atoms with Crippen LogP contribution >= 0.6 is 7.82 Å². The minimum atomic E-state index is -3.44. The number of phosphoric acid groups is 1. The predicted octanol–water partition coefficient (Wildman–Crippen LogP) is 3.37. The Morgan fingerprint density at radius 3 is 1.29 bits per heavy atom. The van der Waals surface area contributed by atoms with E-state index in [4.69, 9.17) is 13.6 Å². The fraction of sp³-hybridized carbons (Fsp3) is 1.00. The van der Waals surface area contributed by atoms with Crippen LogP contribution in [0.2, 0.25) is 0 Å². The van der Waals surface area contributed by atoms with Crippen molar-refractivity contribution < 1.29 is 18.1 Å². The van der Waals surface area contributed by atoms with Gasteiger partial charge in [0.15, 0.2) is 0 Å². The largest absolute Gasteiger partial charge is 0.475 e. The van der Waals surface area contributed by atoms with Gasteiger partial charge in [-0.3, -0.25) is 13.6 Å². The molecule has 4 nitrogen and oxygen atoms in total. The van der Waals surface area contributed by atoms with Crippen LogP contribution in [0.15, 0.2) is 0 Å². The molecule has 0 aliphatic carbocycles. The number of rotatable bonds is 3. The van der Waals surface area contributed by atoms with Crippen molar-refractivity contribution in [3.8, 4) is 0 Å². The summed E-state index contributed by atoms with van der Waals surface area (Å²) in [4.78, 5) is 0. The quantitative estimate of drug-likeness (QED) is 0.689. The van der Waals surface area contributed by atoms with E-state index < -0.39 is 19.0 Å². The Morgan fingerprint density at radius 1 is 0.857 bits per heavy atom. The third kappa shape index (κ3) is 6.55. The first kappa shape index (κ1) is 14.1. The smallest absolute Gasteiger partial charge is 0.290 e. The highest BCUT2D eigenvalue weighted by atomic mass is 31.2. The summed E-state index contributed by atoms with van der Waals surface area (Å²) in [5.41, 5.74) is -1.12. The molecule has 0 aromatic rings. The van der Waals surface area contributed by atoms with Crippen molar-refractivity contribution in [1.82, 2.24) is 0 Å². The summed E-state index contributed by atoms with van der Waals surface area (Å²) in [5, 5.41) is 0. The Bertz CT molecular complexity index is 204. The van der Waals surface area contributed by atoms with Gasteiger partial charge in [-0.25, -0.2) is 4.57 Å². The second-order valence-electron chi connectivity index (χ2n) is 5.04. The van der Waals surface area contributed by atoms with Crippen molar-refractivity contribution in [2.24, 2.45) is 0 Å². The highest BCUT2D eigenvalue weighted by molar-refractivity contribution is 7.48. The Morgan fingerprint density at radius 2 is 1.14 bits per heavy atom. The molecule has 0 aliphatic rings. The molecule has 0 aromatic carbocycles. The fourth-order valence-electron chi connectivity index (χ4n) is 0.764. The summed E-state index contributed by atoms with van der Waals surface area (Å²) in [5.74, 6) is 0. The van der Waals surface area contributed by atoms with E-state index in [0.717, 1.165) is 0 Å². The maximum atomic E-state index is 11.9. The minimum absolute atomic E-state index is 0.559. The summed E-state index contributed by atoms with van der Waals surface area (Å²) < 4.78 is 27.3. The zero-order chi connectivity index (χ0) is 11.6. The molecule has 0 fully saturated rings. The highest BCUT2D eigenvalue weighted by Crippen LogP contribution is 2.54. The fourth-order valence-corrected chi connectivity index (χ4v) is 2.29. The number of hydrogen-bond donors (Lipinski definition) is 0. The van der Waals surface area contributed by atoms with Crippen LogP contribution in [0.4, 0.5) is 0 Å². The van der Waals surface area contributed by atoms with Crippen LogP contribution < -0.4 is 0 Å². The summed E-state index contributed by atoms with van der Waals surface area (Å²) >= 11 is 0. The van der Waals surface area contributed by atoms with Crippen LogP contribution in [0.25, 0.3) is 0 Å². The third-order valence-corrected chi connectivity index (χ3v) is 2.98. The van der Waals surface area contributed by atoms with Gasteiger partial charge in [0, 0.05) is 7.11 Å². The molecule has 0 aromatic heterocycles. The summed E-state index contributed by atoms with van der Waals surface area (Å²) in [6.07, 6.45) is 0. The summed E-state index contributed by atoms with van der Waals surface area (Å²) in [7, 11) is -2.13. The van der Waals surface area contributed by atoms with Crippen LogP contribution in [0.3, 0.4) is 0 Å². The van der Waals surface area contributed by atoms with Gasteiger partial charge in [-0.2, -0.15) is 0 Å². The van der Waals surface area contributed by atoms with Crippen LogP contribution in [0.5, 0.6) is 0 Å².